The number of halogens is 1. The van der Waals surface area contributed by atoms with Crippen molar-refractivity contribution in [2.24, 2.45) is 5.10 Å². The van der Waals surface area contributed by atoms with Crippen LogP contribution < -0.4 is 4.74 Å². The zero-order valence-electron chi connectivity index (χ0n) is 16.6. The quantitative estimate of drug-likeness (QED) is 0.364. The number of hydrazone groups is 1. The van der Waals surface area contributed by atoms with Crippen LogP contribution in [0.4, 0.5) is 5.69 Å². The number of nitro benzene ring substituents is 1. The molecule has 1 aliphatic heterocycles. The van der Waals surface area contributed by atoms with Crippen molar-refractivity contribution < 1.29 is 14.5 Å². The Morgan fingerprint density at radius 2 is 1.84 bits per heavy atom. The van der Waals surface area contributed by atoms with Crippen LogP contribution in [-0.2, 0) is 0 Å². The first-order valence-electron chi connectivity index (χ1n) is 9.51. The summed E-state index contributed by atoms with van der Waals surface area (Å²) in [4.78, 5) is 24.1. The SMILES string of the molecule is COc1ccc(C2=NN(C(=O)c3ccc(Br)cc3)[C@H](c3cccc([N+](=O)[O-])c3)C2)cc1. The maximum Gasteiger partial charge on any atom is 0.274 e. The highest BCUT2D eigenvalue weighted by molar-refractivity contribution is 9.10. The largest absolute Gasteiger partial charge is 0.497 e. The second-order valence-electron chi connectivity index (χ2n) is 7.00. The minimum absolute atomic E-state index is 0.0218. The Labute approximate surface area is 187 Å². The van der Waals surface area contributed by atoms with Gasteiger partial charge in [-0.3, -0.25) is 14.9 Å². The average molecular weight is 480 g/mol. The molecule has 3 aromatic carbocycles. The fourth-order valence-electron chi connectivity index (χ4n) is 3.49. The summed E-state index contributed by atoms with van der Waals surface area (Å²) in [6, 6.07) is 20.4. The molecule has 1 aliphatic rings. The molecule has 4 rings (SSSR count). The van der Waals surface area contributed by atoms with E-state index in [0.29, 0.717) is 17.5 Å². The van der Waals surface area contributed by atoms with Gasteiger partial charge in [0.1, 0.15) is 5.75 Å². The van der Waals surface area contributed by atoms with Gasteiger partial charge in [0.25, 0.3) is 11.6 Å². The highest BCUT2D eigenvalue weighted by Gasteiger charge is 2.34. The molecule has 0 unspecified atom stereocenters. The van der Waals surface area contributed by atoms with E-state index in [1.165, 1.54) is 17.1 Å². The van der Waals surface area contributed by atoms with Crippen LogP contribution in [0.25, 0.3) is 0 Å². The number of non-ortho nitro benzene ring substituents is 1. The van der Waals surface area contributed by atoms with Crippen LogP contribution in [0.15, 0.2) is 82.4 Å². The summed E-state index contributed by atoms with van der Waals surface area (Å²) in [6.07, 6.45) is 0.440. The maximum atomic E-state index is 13.3. The average Bonchev–Trinajstić information content (AvgIpc) is 3.25. The number of methoxy groups -OCH3 is 1. The van der Waals surface area contributed by atoms with Gasteiger partial charge in [0, 0.05) is 28.6 Å². The monoisotopic (exact) mass is 479 g/mol. The molecule has 0 saturated heterocycles. The van der Waals surface area contributed by atoms with Gasteiger partial charge in [0.05, 0.1) is 23.8 Å². The summed E-state index contributed by atoms with van der Waals surface area (Å²) in [5.74, 6) is 0.452. The van der Waals surface area contributed by atoms with Crippen LogP contribution in [0.3, 0.4) is 0 Å². The van der Waals surface area contributed by atoms with Gasteiger partial charge >= 0.3 is 0 Å². The fraction of sp³-hybridized carbons (Fsp3) is 0.130. The van der Waals surface area contributed by atoms with Crippen molar-refractivity contribution in [2.75, 3.05) is 7.11 Å². The van der Waals surface area contributed by atoms with Crippen molar-refractivity contribution in [1.29, 1.82) is 0 Å². The van der Waals surface area contributed by atoms with Gasteiger partial charge in [-0.25, -0.2) is 5.01 Å². The number of hydrogen-bond acceptors (Lipinski definition) is 5. The number of rotatable bonds is 5. The normalized spacial score (nSPS) is 15.5. The Hall–Kier alpha value is -3.52. The number of carbonyl (C=O) groups excluding carboxylic acids is 1. The third kappa shape index (κ3) is 4.34. The van der Waals surface area contributed by atoms with E-state index in [0.717, 1.165) is 21.5 Å². The summed E-state index contributed by atoms with van der Waals surface area (Å²) >= 11 is 3.37. The molecule has 31 heavy (non-hydrogen) atoms. The smallest absolute Gasteiger partial charge is 0.274 e. The van der Waals surface area contributed by atoms with Gasteiger partial charge in [-0.05, 0) is 59.7 Å². The molecular weight excluding hydrogens is 462 g/mol. The third-order valence-corrected chi connectivity index (χ3v) is 5.63. The number of nitrogens with zero attached hydrogens (tertiary/aromatic N) is 3. The third-order valence-electron chi connectivity index (χ3n) is 5.10. The van der Waals surface area contributed by atoms with Crippen LogP contribution in [0.1, 0.15) is 33.9 Å². The predicted molar refractivity (Wildman–Crippen MR) is 120 cm³/mol. The molecule has 0 saturated carbocycles. The van der Waals surface area contributed by atoms with Gasteiger partial charge in [-0.1, -0.05) is 28.1 Å². The molecule has 0 aliphatic carbocycles. The lowest BCUT2D eigenvalue weighted by Crippen LogP contribution is -2.27. The van der Waals surface area contributed by atoms with Gasteiger partial charge in [-0.15, -0.1) is 0 Å². The van der Waals surface area contributed by atoms with Crippen molar-refractivity contribution in [3.05, 3.63) is 104 Å². The Morgan fingerprint density at radius 1 is 1.13 bits per heavy atom. The van der Waals surface area contributed by atoms with Crippen molar-refractivity contribution in [3.8, 4) is 5.75 Å². The molecule has 0 N–H and O–H groups in total. The van der Waals surface area contributed by atoms with Crippen LogP contribution in [0.2, 0.25) is 0 Å². The fourth-order valence-corrected chi connectivity index (χ4v) is 3.75. The summed E-state index contributed by atoms with van der Waals surface area (Å²) in [5, 5.41) is 17.3. The molecule has 0 radical (unpaired) electrons. The van der Waals surface area contributed by atoms with Crippen LogP contribution >= 0.6 is 15.9 Å². The molecular formula is C23H18BrN3O4. The molecule has 0 aromatic heterocycles. The first kappa shape index (κ1) is 20.7. The Morgan fingerprint density at radius 3 is 2.48 bits per heavy atom. The lowest BCUT2D eigenvalue weighted by Gasteiger charge is -2.22. The van der Waals surface area contributed by atoms with Gasteiger partial charge in [0.15, 0.2) is 0 Å². The summed E-state index contributed by atoms with van der Waals surface area (Å²) in [7, 11) is 1.60. The highest BCUT2D eigenvalue weighted by Crippen LogP contribution is 2.35. The van der Waals surface area contributed by atoms with Crippen molar-refractivity contribution in [2.45, 2.75) is 12.5 Å². The number of benzene rings is 3. The van der Waals surface area contributed by atoms with Gasteiger partial charge < -0.3 is 4.74 Å². The maximum absolute atomic E-state index is 13.3. The summed E-state index contributed by atoms with van der Waals surface area (Å²) in [6.45, 7) is 0. The van der Waals surface area contributed by atoms with Crippen LogP contribution in [0, 0.1) is 10.1 Å². The number of ether oxygens (including phenoxy) is 1. The van der Waals surface area contributed by atoms with E-state index in [9.17, 15) is 14.9 Å². The zero-order valence-corrected chi connectivity index (χ0v) is 18.2. The predicted octanol–water partition coefficient (Wildman–Crippen LogP) is 5.36. The highest BCUT2D eigenvalue weighted by atomic mass is 79.9. The molecule has 0 bridgehead atoms. The molecule has 0 spiro atoms. The second kappa shape index (κ2) is 8.69. The zero-order chi connectivity index (χ0) is 22.0. The topological polar surface area (TPSA) is 85.0 Å². The standard InChI is InChI=1S/C23H18BrN3O4/c1-31-20-11-7-15(8-12-20)21-14-22(17-3-2-4-19(13-17)27(29)30)26(25-21)23(28)16-5-9-18(24)10-6-16/h2-13,22H,14H2,1H3/t22-/m0/s1. The summed E-state index contributed by atoms with van der Waals surface area (Å²) in [5.41, 5.74) is 2.71. The molecule has 1 atom stereocenters. The lowest BCUT2D eigenvalue weighted by molar-refractivity contribution is -0.384. The number of carbonyl (C=O) groups is 1. The Balaban J connectivity index is 1.73. The van der Waals surface area contributed by atoms with E-state index in [1.807, 2.05) is 24.3 Å². The molecule has 8 heteroatoms. The summed E-state index contributed by atoms with van der Waals surface area (Å²) < 4.78 is 6.08. The molecule has 3 aromatic rings. The van der Waals surface area contributed by atoms with Gasteiger partial charge in [-0.2, -0.15) is 5.10 Å². The number of nitro groups is 1. The molecule has 156 valence electrons. The van der Waals surface area contributed by atoms with Crippen LogP contribution in [0.5, 0.6) is 5.75 Å². The molecule has 7 nitrogen and oxygen atoms in total. The minimum Gasteiger partial charge on any atom is -0.497 e. The van der Waals surface area contributed by atoms with E-state index >= 15 is 0 Å². The van der Waals surface area contributed by atoms with E-state index in [-0.39, 0.29) is 11.6 Å². The van der Waals surface area contributed by atoms with Crippen molar-refractivity contribution in [3.63, 3.8) is 0 Å². The van der Waals surface area contributed by atoms with Crippen molar-refractivity contribution >= 4 is 33.2 Å². The number of amides is 1. The lowest BCUT2D eigenvalue weighted by atomic mass is 9.97. The Bertz CT molecular complexity index is 1160. The Kier molecular flexibility index (Phi) is 5.81. The first-order valence-corrected chi connectivity index (χ1v) is 10.3. The van der Waals surface area contributed by atoms with Crippen molar-refractivity contribution in [1.82, 2.24) is 5.01 Å². The van der Waals surface area contributed by atoms with E-state index in [4.69, 9.17) is 4.74 Å². The second-order valence-corrected chi connectivity index (χ2v) is 7.92. The molecule has 0 fully saturated rings. The minimum atomic E-state index is -0.451. The van der Waals surface area contributed by atoms with E-state index < -0.39 is 11.0 Å². The molecule has 1 amide bonds. The van der Waals surface area contributed by atoms with Crippen LogP contribution in [-0.4, -0.2) is 28.7 Å². The van der Waals surface area contributed by atoms with E-state index in [2.05, 4.69) is 21.0 Å². The number of hydrogen-bond donors (Lipinski definition) is 0. The van der Waals surface area contributed by atoms with Gasteiger partial charge in [0.2, 0.25) is 0 Å². The molecule has 1 heterocycles. The first-order chi connectivity index (χ1) is 15.0. The van der Waals surface area contributed by atoms with E-state index in [1.54, 1.807) is 43.5 Å².